The van der Waals surface area contributed by atoms with E-state index in [-0.39, 0.29) is 18.2 Å². The van der Waals surface area contributed by atoms with Crippen LogP contribution in [0.1, 0.15) is 30.1 Å². The van der Waals surface area contributed by atoms with Gasteiger partial charge in [-0.1, -0.05) is 48.5 Å². The van der Waals surface area contributed by atoms with E-state index < -0.39 is 12.0 Å². The Hall–Kier alpha value is -3.97. The van der Waals surface area contributed by atoms with Gasteiger partial charge in [-0.3, -0.25) is 14.5 Å². The van der Waals surface area contributed by atoms with Gasteiger partial charge in [0.05, 0.1) is 30.5 Å². The van der Waals surface area contributed by atoms with Crippen LogP contribution in [0, 0.1) is 12.8 Å². The fourth-order valence-electron chi connectivity index (χ4n) is 4.75. The lowest BCUT2D eigenvalue weighted by molar-refractivity contribution is -0.127. The molecule has 2 heterocycles. The second-order valence-electron chi connectivity index (χ2n) is 8.74. The Morgan fingerprint density at radius 2 is 1.67 bits per heavy atom. The van der Waals surface area contributed by atoms with Crippen LogP contribution in [0.3, 0.4) is 0 Å². The van der Waals surface area contributed by atoms with Crippen LogP contribution >= 0.6 is 11.3 Å². The zero-order chi connectivity index (χ0) is 25.1. The van der Waals surface area contributed by atoms with E-state index in [0.717, 1.165) is 22.6 Å². The zero-order valence-electron chi connectivity index (χ0n) is 20.2. The van der Waals surface area contributed by atoms with Gasteiger partial charge in [0.15, 0.2) is 5.13 Å². The molecule has 2 atom stereocenters. The smallest absolute Gasteiger partial charge is 0.238 e. The molecule has 3 aromatic carbocycles. The third-order valence-corrected chi connectivity index (χ3v) is 7.38. The van der Waals surface area contributed by atoms with Crippen LogP contribution in [-0.4, -0.2) is 23.9 Å². The maximum Gasteiger partial charge on any atom is 0.238 e. The van der Waals surface area contributed by atoms with Crippen LogP contribution in [0.15, 0.2) is 90.3 Å². The Kier molecular flexibility index (Phi) is 6.82. The molecule has 1 aliphatic rings. The molecule has 5 rings (SSSR count). The van der Waals surface area contributed by atoms with Gasteiger partial charge < -0.3 is 9.64 Å². The molecule has 1 aromatic heterocycles. The number of rotatable bonds is 6. The second kappa shape index (κ2) is 10.3. The first-order valence-electron chi connectivity index (χ1n) is 11.9. The van der Waals surface area contributed by atoms with Crippen molar-refractivity contribution in [2.24, 2.45) is 5.92 Å². The third kappa shape index (κ3) is 4.62. The maximum absolute atomic E-state index is 14.4. The summed E-state index contributed by atoms with van der Waals surface area (Å²) in [5, 5.41) is 2.57. The summed E-state index contributed by atoms with van der Waals surface area (Å²) >= 11 is 1.44. The molecule has 7 heteroatoms. The number of aryl methyl sites for hydroxylation is 1. The lowest BCUT2D eigenvalue weighted by atomic mass is 9.82. The topological polar surface area (TPSA) is 62.7 Å². The molecule has 4 aromatic rings. The van der Waals surface area contributed by atoms with Crippen molar-refractivity contribution < 1.29 is 14.3 Å². The number of piperidine rings is 1. The largest absolute Gasteiger partial charge is 0.497 e. The lowest BCUT2D eigenvalue weighted by Crippen LogP contribution is -2.48. The van der Waals surface area contributed by atoms with Gasteiger partial charge in [0.2, 0.25) is 11.8 Å². The normalized spacial score (nSPS) is 17.6. The number of carbonyl (C=O) groups is 2. The van der Waals surface area contributed by atoms with Crippen LogP contribution in [0.25, 0.3) is 0 Å². The minimum Gasteiger partial charge on any atom is -0.497 e. The van der Waals surface area contributed by atoms with Crippen LogP contribution < -0.4 is 14.5 Å². The third-order valence-electron chi connectivity index (χ3n) is 6.44. The average Bonchev–Trinajstić information content (AvgIpc) is 3.35. The minimum atomic E-state index is -0.461. The summed E-state index contributed by atoms with van der Waals surface area (Å²) in [6, 6.07) is 26.4. The number of carbonyl (C=O) groups excluding carboxylic acids is 2. The molecule has 0 spiro atoms. The van der Waals surface area contributed by atoms with E-state index in [1.165, 1.54) is 11.3 Å². The van der Waals surface area contributed by atoms with E-state index in [2.05, 4.69) is 4.98 Å². The standard InChI is InChI=1S/C29H27N3O3S/c1-20-19-36-29(30-20)32(22-11-7-4-8-12-22)28(34)25-17-18-26(33)31(23-13-15-24(35-2)16-14-23)27(25)21-9-5-3-6-10-21/h3-16,19,25,27H,17-18H2,1-2H3/t25-,27+/m0/s1. The molecule has 0 radical (unpaired) electrons. The van der Waals surface area contributed by atoms with Crippen molar-refractivity contribution in [1.82, 2.24) is 4.98 Å². The van der Waals surface area contributed by atoms with E-state index in [9.17, 15) is 9.59 Å². The van der Waals surface area contributed by atoms with Gasteiger partial charge >= 0.3 is 0 Å². The summed E-state index contributed by atoms with van der Waals surface area (Å²) < 4.78 is 5.32. The number of nitrogens with zero attached hydrogens (tertiary/aromatic N) is 3. The van der Waals surface area contributed by atoms with E-state index in [4.69, 9.17) is 4.74 Å². The van der Waals surface area contributed by atoms with Gasteiger partial charge in [-0.15, -0.1) is 11.3 Å². The molecule has 0 N–H and O–H groups in total. The monoisotopic (exact) mass is 497 g/mol. The molecule has 2 amide bonds. The van der Waals surface area contributed by atoms with Crippen molar-refractivity contribution >= 4 is 39.7 Å². The molecule has 182 valence electrons. The number of methoxy groups -OCH3 is 1. The highest BCUT2D eigenvalue weighted by Crippen LogP contribution is 2.43. The van der Waals surface area contributed by atoms with Crippen molar-refractivity contribution in [1.29, 1.82) is 0 Å². The van der Waals surface area contributed by atoms with Gasteiger partial charge in [-0.2, -0.15) is 0 Å². The number of aromatic nitrogens is 1. The van der Waals surface area contributed by atoms with Crippen LogP contribution in [-0.2, 0) is 9.59 Å². The first kappa shape index (κ1) is 23.8. The molecular weight excluding hydrogens is 470 g/mol. The first-order chi connectivity index (χ1) is 17.6. The van der Waals surface area contributed by atoms with Gasteiger partial charge in [0.1, 0.15) is 5.75 Å². The number of thiazole rings is 1. The molecule has 0 aliphatic carbocycles. The fraction of sp³-hybridized carbons (Fsp3) is 0.207. The Morgan fingerprint density at radius 1 is 1.00 bits per heavy atom. The van der Waals surface area contributed by atoms with E-state index >= 15 is 0 Å². The molecule has 0 unspecified atom stereocenters. The summed E-state index contributed by atoms with van der Waals surface area (Å²) in [6.07, 6.45) is 0.739. The number of ether oxygens (including phenoxy) is 1. The predicted octanol–water partition coefficient (Wildman–Crippen LogP) is 6.31. The summed E-state index contributed by atoms with van der Waals surface area (Å²) in [7, 11) is 1.61. The number of hydrogen-bond donors (Lipinski definition) is 0. The van der Waals surface area contributed by atoms with Crippen molar-refractivity contribution in [3.05, 3.63) is 102 Å². The van der Waals surface area contributed by atoms with Crippen molar-refractivity contribution in [2.45, 2.75) is 25.8 Å². The van der Waals surface area contributed by atoms with Gasteiger partial charge in [-0.25, -0.2) is 4.98 Å². The predicted molar refractivity (Wildman–Crippen MR) is 143 cm³/mol. The molecular formula is C29H27N3O3S. The van der Waals surface area contributed by atoms with Crippen molar-refractivity contribution in [3.63, 3.8) is 0 Å². The van der Waals surface area contributed by atoms with E-state index in [1.807, 2.05) is 97.2 Å². The Morgan fingerprint density at radius 3 is 2.28 bits per heavy atom. The summed E-state index contributed by atoms with van der Waals surface area (Å²) in [5.41, 5.74) is 3.28. The number of benzene rings is 3. The molecule has 0 saturated carbocycles. The molecule has 1 fully saturated rings. The zero-order valence-corrected chi connectivity index (χ0v) is 21.0. The Labute approximate surface area is 214 Å². The van der Waals surface area contributed by atoms with E-state index in [0.29, 0.717) is 17.3 Å². The SMILES string of the molecule is COc1ccc(N2C(=O)CC[C@H](C(=O)N(c3ccccc3)c3nc(C)cs3)[C@H]2c2ccccc2)cc1. The number of para-hydroxylation sites is 1. The average molecular weight is 498 g/mol. The molecule has 6 nitrogen and oxygen atoms in total. The molecule has 1 aliphatic heterocycles. The summed E-state index contributed by atoms with van der Waals surface area (Å²) in [6.45, 7) is 1.92. The summed E-state index contributed by atoms with van der Waals surface area (Å²) in [5.74, 6) is 0.169. The quantitative estimate of drug-likeness (QED) is 0.313. The van der Waals surface area contributed by atoms with Crippen molar-refractivity contribution in [2.75, 3.05) is 16.9 Å². The molecule has 1 saturated heterocycles. The van der Waals surface area contributed by atoms with Crippen LogP contribution in [0.4, 0.5) is 16.5 Å². The Balaban J connectivity index is 1.61. The van der Waals surface area contributed by atoms with Gasteiger partial charge in [0.25, 0.3) is 0 Å². The minimum absolute atomic E-state index is 0.00516. The molecule has 0 bridgehead atoms. The van der Waals surface area contributed by atoms with Gasteiger partial charge in [0, 0.05) is 17.5 Å². The van der Waals surface area contributed by atoms with Gasteiger partial charge in [-0.05, 0) is 55.3 Å². The highest BCUT2D eigenvalue weighted by atomic mass is 32.1. The number of hydrogen-bond acceptors (Lipinski definition) is 5. The highest BCUT2D eigenvalue weighted by molar-refractivity contribution is 7.14. The highest BCUT2D eigenvalue weighted by Gasteiger charge is 2.43. The lowest BCUT2D eigenvalue weighted by Gasteiger charge is -2.42. The van der Waals surface area contributed by atoms with Crippen molar-refractivity contribution in [3.8, 4) is 5.75 Å². The number of amides is 2. The second-order valence-corrected chi connectivity index (χ2v) is 9.58. The maximum atomic E-state index is 14.4. The van der Waals surface area contributed by atoms with Crippen LogP contribution in [0.5, 0.6) is 5.75 Å². The fourth-order valence-corrected chi connectivity index (χ4v) is 5.58. The van der Waals surface area contributed by atoms with Crippen LogP contribution in [0.2, 0.25) is 0 Å². The van der Waals surface area contributed by atoms with E-state index in [1.54, 1.807) is 16.9 Å². The molecule has 36 heavy (non-hydrogen) atoms. The Bertz CT molecular complexity index is 1340. The summed E-state index contributed by atoms with van der Waals surface area (Å²) in [4.78, 5) is 35.9. The number of anilines is 3. The first-order valence-corrected chi connectivity index (χ1v) is 12.8.